The highest BCUT2D eigenvalue weighted by atomic mass is 16.5. The van der Waals surface area contributed by atoms with Gasteiger partial charge in [0.25, 0.3) is 0 Å². The summed E-state index contributed by atoms with van der Waals surface area (Å²) in [4.78, 5) is 44.6. The molecule has 2 fully saturated rings. The standard InChI is InChI=1S/C45H54N10O5/c1-51(18-4-19-52-21-25-59-26-22-52)37-11-9-36(10-12-37)48-45(56)55-20-17-40-41(49-44(50-42(40)55)53-23-27-60-28-24-53)35-29-46-43(47-30-35)54(31-33-5-13-38(57-2)14-6-33)32-34-7-15-39(58-3)16-8-34/h5-16,29-30H,4,17-28,31-32H2,1-3H3,(H,48,56). The maximum absolute atomic E-state index is 14.0. The van der Waals surface area contributed by atoms with Gasteiger partial charge in [-0.25, -0.2) is 19.7 Å². The molecule has 5 heterocycles. The van der Waals surface area contributed by atoms with Gasteiger partial charge in [0.1, 0.15) is 17.3 Å². The van der Waals surface area contributed by atoms with Gasteiger partial charge in [0.05, 0.1) is 46.3 Å². The Morgan fingerprint density at radius 1 is 0.767 bits per heavy atom. The Morgan fingerprint density at radius 3 is 1.97 bits per heavy atom. The molecule has 3 aromatic carbocycles. The number of morpholine rings is 2. The van der Waals surface area contributed by atoms with Crippen LogP contribution in [0.1, 0.15) is 23.1 Å². The molecule has 3 aliphatic rings. The Bertz CT molecular complexity index is 2110. The Morgan fingerprint density at radius 2 is 1.37 bits per heavy atom. The summed E-state index contributed by atoms with van der Waals surface area (Å²) in [5.41, 5.74) is 6.39. The summed E-state index contributed by atoms with van der Waals surface area (Å²) in [5.74, 6) is 3.33. The van der Waals surface area contributed by atoms with Gasteiger partial charge < -0.3 is 39.0 Å². The van der Waals surface area contributed by atoms with Crippen LogP contribution in [0, 0.1) is 0 Å². The number of nitrogens with zero attached hydrogens (tertiary/aromatic N) is 9. The highest BCUT2D eigenvalue weighted by Gasteiger charge is 2.32. The number of ether oxygens (including phenoxy) is 4. The van der Waals surface area contributed by atoms with Crippen LogP contribution in [0.5, 0.6) is 11.5 Å². The molecule has 0 bridgehead atoms. The zero-order valence-corrected chi connectivity index (χ0v) is 34.8. The number of urea groups is 1. The van der Waals surface area contributed by atoms with E-state index in [0.717, 1.165) is 96.6 Å². The van der Waals surface area contributed by atoms with Crippen molar-refractivity contribution < 1.29 is 23.7 Å². The molecule has 8 rings (SSSR count). The Kier molecular flexibility index (Phi) is 13.1. The molecule has 5 aromatic rings. The average molecular weight is 815 g/mol. The number of amides is 2. The van der Waals surface area contributed by atoms with Crippen LogP contribution in [0.2, 0.25) is 0 Å². The lowest BCUT2D eigenvalue weighted by atomic mass is 10.1. The first-order chi connectivity index (χ1) is 29.4. The van der Waals surface area contributed by atoms with Crippen LogP contribution in [0.25, 0.3) is 11.3 Å². The zero-order valence-electron chi connectivity index (χ0n) is 34.8. The van der Waals surface area contributed by atoms with E-state index in [-0.39, 0.29) is 6.03 Å². The zero-order chi connectivity index (χ0) is 41.3. The number of rotatable bonds is 15. The van der Waals surface area contributed by atoms with E-state index < -0.39 is 0 Å². The summed E-state index contributed by atoms with van der Waals surface area (Å²) in [6.07, 6.45) is 5.32. The van der Waals surface area contributed by atoms with E-state index >= 15 is 0 Å². The summed E-state index contributed by atoms with van der Waals surface area (Å²) in [6, 6.07) is 23.8. The minimum atomic E-state index is -0.239. The first-order valence-corrected chi connectivity index (χ1v) is 20.7. The number of aromatic nitrogens is 4. The van der Waals surface area contributed by atoms with E-state index in [9.17, 15) is 4.79 Å². The molecular formula is C45H54N10O5. The smallest absolute Gasteiger partial charge is 0.327 e. The predicted molar refractivity (Wildman–Crippen MR) is 234 cm³/mol. The van der Waals surface area contributed by atoms with Gasteiger partial charge in [0, 0.05) is 101 Å². The highest BCUT2D eigenvalue weighted by Crippen LogP contribution is 2.36. The molecule has 0 unspecified atom stereocenters. The van der Waals surface area contributed by atoms with Gasteiger partial charge in [-0.2, -0.15) is 4.98 Å². The number of nitrogens with one attached hydrogen (secondary N) is 1. The number of carbonyl (C=O) groups excluding carboxylic acids is 1. The van der Waals surface area contributed by atoms with Crippen LogP contribution in [0.15, 0.2) is 85.2 Å². The first kappa shape index (κ1) is 40.7. The topological polar surface area (TPSA) is 134 Å². The van der Waals surface area contributed by atoms with E-state index in [0.29, 0.717) is 70.1 Å². The number of anilines is 5. The van der Waals surface area contributed by atoms with Crippen LogP contribution in [-0.2, 0) is 29.0 Å². The number of hydrogen-bond acceptors (Lipinski definition) is 13. The van der Waals surface area contributed by atoms with Gasteiger partial charge in [-0.15, -0.1) is 0 Å². The minimum Gasteiger partial charge on any atom is -0.497 e. The molecule has 15 nitrogen and oxygen atoms in total. The van der Waals surface area contributed by atoms with Crippen LogP contribution in [0.3, 0.4) is 0 Å². The molecule has 60 heavy (non-hydrogen) atoms. The van der Waals surface area contributed by atoms with Gasteiger partial charge in [0.15, 0.2) is 0 Å². The van der Waals surface area contributed by atoms with Crippen molar-refractivity contribution in [1.82, 2.24) is 24.8 Å². The number of carbonyl (C=O) groups is 1. The van der Waals surface area contributed by atoms with Crippen LogP contribution >= 0.6 is 0 Å². The summed E-state index contributed by atoms with van der Waals surface area (Å²) >= 11 is 0. The lowest BCUT2D eigenvalue weighted by Crippen LogP contribution is -2.38. The maximum Gasteiger partial charge on any atom is 0.327 e. The molecule has 314 valence electrons. The van der Waals surface area contributed by atoms with Crippen molar-refractivity contribution in [2.24, 2.45) is 0 Å². The molecule has 0 radical (unpaired) electrons. The van der Waals surface area contributed by atoms with Crippen molar-refractivity contribution in [3.05, 3.63) is 102 Å². The molecule has 15 heteroatoms. The molecule has 0 spiro atoms. The van der Waals surface area contributed by atoms with Gasteiger partial charge >= 0.3 is 6.03 Å². The third kappa shape index (κ3) is 9.87. The van der Waals surface area contributed by atoms with Crippen molar-refractivity contribution >= 4 is 35.1 Å². The van der Waals surface area contributed by atoms with Gasteiger partial charge in [-0.05, 0) is 72.5 Å². The van der Waals surface area contributed by atoms with Crippen molar-refractivity contribution in [2.75, 3.05) is 118 Å². The maximum atomic E-state index is 14.0. The molecule has 2 saturated heterocycles. The average Bonchev–Trinajstić information content (AvgIpc) is 3.74. The largest absolute Gasteiger partial charge is 0.497 e. The normalized spacial score (nSPS) is 15.4. The monoisotopic (exact) mass is 814 g/mol. The van der Waals surface area contributed by atoms with E-state index in [1.807, 2.05) is 48.8 Å². The second-order valence-electron chi connectivity index (χ2n) is 15.2. The van der Waals surface area contributed by atoms with Gasteiger partial charge in [-0.3, -0.25) is 9.80 Å². The fourth-order valence-corrected chi connectivity index (χ4v) is 7.77. The SMILES string of the molecule is COc1ccc(CN(Cc2ccc(OC)cc2)c2ncc(-c3nc(N4CCOCC4)nc4c3CCN4C(=O)Nc3ccc(N(C)CCCN4CCOCC4)cc3)cn2)cc1. The van der Waals surface area contributed by atoms with Gasteiger partial charge in [0.2, 0.25) is 11.9 Å². The molecular weight excluding hydrogens is 761 g/mol. The fraction of sp³-hybridized carbons (Fsp3) is 0.400. The summed E-state index contributed by atoms with van der Waals surface area (Å²) < 4.78 is 21.9. The number of fused-ring (bicyclic) bond motifs is 1. The number of hydrogen-bond donors (Lipinski definition) is 1. The van der Waals surface area contributed by atoms with E-state index in [1.54, 1.807) is 19.1 Å². The Labute approximate surface area is 351 Å². The molecule has 0 atom stereocenters. The molecule has 0 aliphatic carbocycles. The van der Waals surface area contributed by atoms with Crippen LogP contribution < -0.4 is 34.4 Å². The third-order valence-corrected chi connectivity index (χ3v) is 11.2. The third-order valence-electron chi connectivity index (χ3n) is 11.2. The fourth-order valence-electron chi connectivity index (χ4n) is 7.77. The van der Waals surface area contributed by atoms with E-state index in [2.05, 4.69) is 68.4 Å². The quantitative estimate of drug-likeness (QED) is 0.138. The van der Waals surface area contributed by atoms with Crippen LogP contribution in [-0.4, -0.2) is 124 Å². The predicted octanol–water partition coefficient (Wildman–Crippen LogP) is 5.75. The number of benzene rings is 3. The summed E-state index contributed by atoms with van der Waals surface area (Å²) in [7, 11) is 5.44. The summed E-state index contributed by atoms with van der Waals surface area (Å²) in [5, 5.41) is 3.12. The van der Waals surface area contributed by atoms with E-state index in [4.69, 9.17) is 38.9 Å². The first-order valence-electron chi connectivity index (χ1n) is 20.7. The lowest BCUT2D eigenvalue weighted by molar-refractivity contribution is 0.0377. The molecule has 0 saturated carbocycles. The molecule has 2 aromatic heterocycles. The van der Waals surface area contributed by atoms with Gasteiger partial charge in [-0.1, -0.05) is 24.3 Å². The van der Waals surface area contributed by atoms with Crippen LogP contribution in [0.4, 0.5) is 33.9 Å². The minimum absolute atomic E-state index is 0.239. The molecule has 3 aliphatic heterocycles. The Hall–Kier alpha value is -6.03. The summed E-state index contributed by atoms with van der Waals surface area (Å²) in [6.45, 7) is 9.73. The number of methoxy groups -OCH3 is 2. The lowest BCUT2D eigenvalue weighted by Gasteiger charge is -2.28. The van der Waals surface area contributed by atoms with Crippen molar-refractivity contribution in [3.8, 4) is 22.8 Å². The van der Waals surface area contributed by atoms with Crippen molar-refractivity contribution in [3.63, 3.8) is 0 Å². The Balaban J connectivity index is 1.01. The second-order valence-corrected chi connectivity index (χ2v) is 15.2. The molecule has 2 amide bonds. The second kappa shape index (κ2) is 19.4. The van der Waals surface area contributed by atoms with E-state index in [1.165, 1.54) is 0 Å². The van der Waals surface area contributed by atoms with Crippen molar-refractivity contribution in [2.45, 2.75) is 25.9 Å². The highest BCUT2D eigenvalue weighted by molar-refractivity contribution is 6.03. The van der Waals surface area contributed by atoms with Crippen molar-refractivity contribution in [1.29, 1.82) is 0 Å². The molecule has 1 N–H and O–H groups in total.